The Morgan fingerprint density at radius 3 is 2.67 bits per heavy atom. The molecule has 1 rings (SSSR count). The van der Waals surface area contributed by atoms with Crippen molar-refractivity contribution in [1.29, 1.82) is 0 Å². The van der Waals surface area contributed by atoms with Crippen LogP contribution in [0.3, 0.4) is 0 Å². The van der Waals surface area contributed by atoms with E-state index in [-0.39, 0.29) is 11.6 Å². The van der Waals surface area contributed by atoms with Crippen molar-refractivity contribution in [2.45, 2.75) is 32.2 Å². The fraction of sp³-hybridized carbons (Fsp3) is 0.600. The van der Waals surface area contributed by atoms with Gasteiger partial charge in [-0.3, -0.25) is 15.5 Å². The van der Waals surface area contributed by atoms with Crippen LogP contribution in [0, 0.1) is 23.0 Å². The molecule has 3 N–H and O–H groups in total. The lowest BCUT2D eigenvalue weighted by Crippen LogP contribution is -2.12. The zero-order chi connectivity index (χ0) is 13.7. The molecule has 0 saturated heterocycles. The van der Waals surface area contributed by atoms with Crippen LogP contribution in [0.4, 0.5) is 11.6 Å². The van der Waals surface area contributed by atoms with E-state index in [0.717, 1.165) is 12.2 Å². The molecule has 1 aromatic rings. The quantitative estimate of drug-likeness (QED) is 0.268. The minimum atomic E-state index is -0.451. The first-order valence-electron chi connectivity index (χ1n) is 5.58. The van der Waals surface area contributed by atoms with Crippen LogP contribution in [-0.2, 0) is 0 Å². The fourth-order valence-electron chi connectivity index (χ4n) is 1.31. The summed E-state index contributed by atoms with van der Waals surface area (Å²) in [5.41, 5.74) is 2.59. The number of aromatic nitrogens is 2. The van der Waals surface area contributed by atoms with Crippen molar-refractivity contribution in [1.82, 2.24) is 9.97 Å². The van der Waals surface area contributed by atoms with Crippen LogP contribution in [0.15, 0.2) is 5.03 Å². The SMILES string of the molecule is Cc1nc(NN)nc(SCCC(C)C)c1[N+](=O)[O-]. The van der Waals surface area contributed by atoms with Crippen LogP contribution in [0.2, 0.25) is 0 Å². The summed E-state index contributed by atoms with van der Waals surface area (Å²) in [6, 6.07) is 0. The maximum absolute atomic E-state index is 11.0. The Morgan fingerprint density at radius 2 is 2.17 bits per heavy atom. The predicted octanol–water partition coefficient (Wildman–Crippen LogP) is 2.12. The summed E-state index contributed by atoms with van der Waals surface area (Å²) in [7, 11) is 0. The van der Waals surface area contributed by atoms with Gasteiger partial charge in [-0.05, 0) is 25.0 Å². The van der Waals surface area contributed by atoms with Gasteiger partial charge < -0.3 is 0 Å². The molecule has 0 aliphatic rings. The minimum Gasteiger partial charge on any atom is -0.292 e. The van der Waals surface area contributed by atoms with Crippen molar-refractivity contribution in [3.63, 3.8) is 0 Å². The average molecular weight is 271 g/mol. The Balaban J connectivity index is 2.98. The van der Waals surface area contributed by atoms with Gasteiger partial charge in [0.2, 0.25) is 5.95 Å². The number of nitrogens with one attached hydrogen (secondary N) is 1. The summed E-state index contributed by atoms with van der Waals surface area (Å²) in [6.45, 7) is 5.79. The van der Waals surface area contributed by atoms with E-state index in [1.54, 1.807) is 6.92 Å². The van der Waals surface area contributed by atoms with Crippen LogP contribution >= 0.6 is 11.8 Å². The summed E-state index contributed by atoms with van der Waals surface area (Å²) in [6.07, 6.45) is 0.969. The molecular formula is C10H17N5O2S. The van der Waals surface area contributed by atoms with Crippen molar-refractivity contribution in [3.05, 3.63) is 15.8 Å². The number of rotatable bonds is 6. The fourth-order valence-corrected chi connectivity index (χ4v) is 2.60. The van der Waals surface area contributed by atoms with E-state index < -0.39 is 4.92 Å². The minimum absolute atomic E-state index is 0.0391. The third-order valence-electron chi connectivity index (χ3n) is 2.27. The Morgan fingerprint density at radius 1 is 1.50 bits per heavy atom. The maximum Gasteiger partial charge on any atom is 0.322 e. The summed E-state index contributed by atoms with van der Waals surface area (Å²) in [5, 5.41) is 11.4. The molecule has 0 atom stereocenters. The van der Waals surface area contributed by atoms with Crippen molar-refractivity contribution >= 4 is 23.4 Å². The molecule has 18 heavy (non-hydrogen) atoms. The van der Waals surface area contributed by atoms with Gasteiger partial charge in [-0.15, -0.1) is 0 Å². The molecule has 0 aromatic carbocycles. The molecule has 0 bridgehead atoms. The van der Waals surface area contributed by atoms with Crippen molar-refractivity contribution in [2.24, 2.45) is 11.8 Å². The van der Waals surface area contributed by atoms with Gasteiger partial charge in [-0.25, -0.2) is 10.8 Å². The van der Waals surface area contributed by atoms with Gasteiger partial charge in [-0.2, -0.15) is 4.98 Å². The first-order valence-corrected chi connectivity index (χ1v) is 6.56. The van der Waals surface area contributed by atoms with Crippen LogP contribution in [0.5, 0.6) is 0 Å². The monoisotopic (exact) mass is 271 g/mol. The van der Waals surface area contributed by atoms with Crippen LogP contribution in [0.1, 0.15) is 26.0 Å². The van der Waals surface area contributed by atoms with Crippen molar-refractivity contribution in [3.8, 4) is 0 Å². The maximum atomic E-state index is 11.0. The molecule has 0 fully saturated rings. The standard InChI is InChI=1S/C10H17N5O2S/c1-6(2)4-5-18-9-8(15(16)17)7(3)12-10(13-9)14-11/h6H,4-5,11H2,1-3H3,(H,12,13,14). The molecule has 8 heteroatoms. The van der Waals surface area contributed by atoms with Gasteiger partial charge in [0.1, 0.15) is 5.69 Å². The van der Waals surface area contributed by atoms with Crippen molar-refractivity contribution < 1.29 is 4.92 Å². The summed E-state index contributed by atoms with van der Waals surface area (Å²) in [5.74, 6) is 6.76. The number of anilines is 1. The molecule has 0 amide bonds. The van der Waals surface area contributed by atoms with Crippen LogP contribution in [0.25, 0.3) is 0 Å². The lowest BCUT2D eigenvalue weighted by atomic mass is 10.2. The third-order valence-corrected chi connectivity index (χ3v) is 3.27. The third kappa shape index (κ3) is 3.81. The molecule has 0 aliphatic heterocycles. The van der Waals surface area contributed by atoms with Gasteiger partial charge in [0, 0.05) is 0 Å². The number of aryl methyl sites for hydroxylation is 1. The van der Waals surface area contributed by atoms with Gasteiger partial charge in [0.05, 0.1) is 4.92 Å². The number of nitrogens with two attached hydrogens (primary N) is 1. The van der Waals surface area contributed by atoms with E-state index in [1.165, 1.54) is 11.8 Å². The second kappa shape index (κ2) is 6.50. The van der Waals surface area contributed by atoms with E-state index in [2.05, 4.69) is 29.2 Å². The number of hydrogen-bond acceptors (Lipinski definition) is 7. The van der Waals surface area contributed by atoms with Gasteiger partial charge in [-0.1, -0.05) is 25.6 Å². The highest BCUT2D eigenvalue weighted by molar-refractivity contribution is 7.99. The molecule has 1 heterocycles. The number of hydrogen-bond donors (Lipinski definition) is 2. The van der Waals surface area contributed by atoms with E-state index in [0.29, 0.717) is 16.6 Å². The smallest absolute Gasteiger partial charge is 0.292 e. The summed E-state index contributed by atoms with van der Waals surface area (Å²) >= 11 is 1.36. The second-order valence-electron chi connectivity index (χ2n) is 4.22. The zero-order valence-corrected chi connectivity index (χ0v) is 11.5. The lowest BCUT2D eigenvalue weighted by molar-refractivity contribution is -0.389. The first-order chi connectivity index (χ1) is 8.45. The Hall–Kier alpha value is -1.41. The highest BCUT2D eigenvalue weighted by Crippen LogP contribution is 2.31. The largest absolute Gasteiger partial charge is 0.322 e. The first kappa shape index (κ1) is 14.7. The van der Waals surface area contributed by atoms with E-state index >= 15 is 0 Å². The van der Waals surface area contributed by atoms with E-state index in [4.69, 9.17) is 5.84 Å². The molecule has 7 nitrogen and oxygen atoms in total. The molecule has 0 unspecified atom stereocenters. The molecule has 0 aliphatic carbocycles. The second-order valence-corrected chi connectivity index (χ2v) is 5.30. The highest BCUT2D eigenvalue weighted by Gasteiger charge is 2.22. The molecule has 0 saturated carbocycles. The van der Waals surface area contributed by atoms with Crippen LogP contribution in [-0.4, -0.2) is 20.6 Å². The number of nitro groups is 1. The molecule has 0 radical (unpaired) electrons. The zero-order valence-electron chi connectivity index (χ0n) is 10.6. The number of nitrogens with zero attached hydrogens (tertiary/aromatic N) is 3. The number of thioether (sulfide) groups is 1. The van der Waals surface area contributed by atoms with Crippen molar-refractivity contribution in [2.75, 3.05) is 11.2 Å². The summed E-state index contributed by atoms with van der Waals surface area (Å²) < 4.78 is 0. The molecule has 1 aromatic heterocycles. The van der Waals surface area contributed by atoms with Gasteiger partial charge in [0.15, 0.2) is 5.03 Å². The van der Waals surface area contributed by atoms with Gasteiger partial charge in [0.25, 0.3) is 0 Å². The van der Waals surface area contributed by atoms with E-state index in [9.17, 15) is 10.1 Å². The molecular weight excluding hydrogens is 254 g/mol. The topological polar surface area (TPSA) is 107 Å². The number of nitrogen functional groups attached to an aromatic ring is 1. The van der Waals surface area contributed by atoms with Crippen LogP contribution < -0.4 is 11.3 Å². The molecule has 0 spiro atoms. The number of hydrazine groups is 1. The molecule has 100 valence electrons. The normalized spacial score (nSPS) is 10.7. The Bertz CT molecular complexity index is 439. The Labute approximate surface area is 110 Å². The average Bonchev–Trinajstić information content (AvgIpc) is 2.27. The highest BCUT2D eigenvalue weighted by atomic mass is 32.2. The van der Waals surface area contributed by atoms with E-state index in [1.807, 2.05) is 0 Å². The summed E-state index contributed by atoms with van der Waals surface area (Å²) in [4.78, 5) is 18.5. The van der Waals surface area contributed by atoms with Gasteiger partial charge >= 0.3 is 5.69 Å². The lowest BCUT2D eigenvalue weighted by Gasteiger charge is -2.07. The Kier molecular flexibility index (Phi) is 5.29. The predicted molar refractivity (Wildman–Crippen MR) is 71.4 cm³/mol.